The first-order valence-electron chi connectivity index (χ1n) is 5.06. The summed E-state index contributed by atoms with van der Waals surface area (Å²) in [5, 5.41) is 0. The zero-order chi connectivity index (χ0) is 11.7. The van der Waals surface area contributed by atoms with Gasteiger partial charge in [0.05, 0.1) is 0 Å². The summed E-state index contributed by atoms with van der Waals surface area (Å²) < 4.78 is 5.22. The summed E-state index contributed by atoms with van der Waals surface area (Å²) >= 11 is 0. The summed E-state index contributed by atoms with van der Waals surface area (Å²) in [5.41, 5.74) is 0.524. The zero-order valence-corrected chi connectivity index (χ0v) is 9.62. The van der Waals surface area contributed by atoms with Crippen molar-refractivity contribution in [3.63, 3.8) is 0 Å². The first kappa shape index (κ1) is 13.4. The average molecular weight is 206 g/mol. The number of carbonyl (C=O) groups is 1. The van der Waals surface area contributed by atoms with Gasteiger partial charge in [0.2, 0.25) is 0 Å². The number of ether oxygens (including phenoxy) is 1. The van der Waals surface area contributed by atoms with Crippen molar-refractivity contribution >= 4 is 5.78 Å². The van der Waals surface area contributed by atoms with Crippen LogP contribution in [0.3, 0.4) is 0 Å². The summed E-state index contributed by atoms with van der Waals surface area (Å²) in [6.07, 6.45) is 0. The molecule has 0 aromatic heterocycles. The van der Waals surface area contributed by atoms with Crippen LogP contribution in [-0.2, 0) is 4.79 Å². The fourth-order valence-corrected chi connectivity index (χ4v) is 0.789. The van der Waals surface area contributed by atoms with Gasteiger partial charge in [-0.1, -0.05) is 38.6 Å². The Morgan fingerprint density at radius 2 is 1.80 bits per heavy atom. The van der Waals surface area contributed by atoms with Crippen LogP contribution >= 0.6 is 0 Å². The van der Waals surface area contributed by atoms with E-state index in [2.05, 4.69) is 6.58 Å². The molecule has 0 atom stereocenters. The van der Waals surface area contributed by atoms with Gasteiger partial charge in [-0.25, -0.2) is 0 Å². The molecule has 1 rings (SSSR count). The first-order valence-corrected chi connectivity index (χ1v) is 5.06. The van der Waals surface area contributed by atoms with Crippen molar-refractivity contribution in [3.05, 3.63) is 42.5 Å². The average Bonchev–Trinajstić information content (AvgIpc) is 2.30. The summed E-state index contributed by atoms with van der Waals surface area (Å²) in [6, 6.07) is 9.24. The van der Waals surface area contributed by atoms with Crippen LogP contribution in [0.2, 0.25) is 0 Å². The van der Waals surface area contributed by atoms with Crippen molar-refractivity contribution in [2.45, 2.75) is 20.8 Å². The van der Waals surface area contributed by atoms with E-state index < -0.39 is 0 Å². The van der Waals surface area contributed by atoms with Crippen LogP contribution in [0, 0.1) is 0 Å². The first-order chi connectivity index (χ1) is 7.20. The van der Waals surface area contributed by atoms with Gasteiger partial charge in [-0.05, 0) is 24.6 Å². The molecule has 0 N–H and O–H groups in total. The summed E-state index contributed by atoms with van der Waals surface area (Å²) in [6.45, 7) is 9.28. The monoisotopic (exact) mass is 206 g/mol. The third-order valence-electron chi connectivity index (χ3n) is 1.59. The molecule has 15 heavy (non-hydrogen) atoms. The lowest BCUT2D eigenvalue weighted by Gasteiger charge is -2.03. The van der Waals surface area contributed by atoms with E-state index >= 15 is 0 Å². The van der Waals surface area contributed by atoms with Crippen molar-refractivity contribution in [2.24, 2.45) is 0 Å². The molecule has 0 bridgehead atoms. The van der Waals surface area contributed by atoms with Gasteiger partial charge >= 0.3 is 0 Å². The van der Waals surface area contributed by atoms with Crippen molar-refractivity contribution in [1.82, 2.24) is 0 Å². The molecule has 2 nitrogen and oxygen atoms in total. The maximum absolute atomic E-state index is 11.1. The van der Waals surface area contributed by atoms with Gasteiger partial charge in [-0.2, -0.15) is 0 Å². The fraction of sp³-hybridized carbons (Fsp3) is 0.308. The maximum atomic E-state index is 11.1. The van der Waals surface area contributed by atoms with Gasteiger partial charge in [-0.15, -0.1) is 0 Å². The summed E-state index contributed by atoms with van der Waals surface area (Å²) in [4.78, 5) is 11.1. The molecular formula is C13H18O2. The molecule has 1 aromatic carbocycles. The Bertz CT molecular complexity index is 302. The minimum atomic E-state index is -0.0659. The molecule has 1 aromatic rings. The number of rotatable bonds is 4. The molecule has 0 saturated carbocycles. The molecule has 0 aliphatic heterocycles. The minimum Gasteiger partial charge on any atom is -0.485 e. The lowest BCUT2D eigenvalue weighted by Crippen LogP contribution is -2.11. The quantitative estimate of drug-likeness (QED) is 0.707. The molecule has 0 heterocycles. The van der Waals surface area contributed by atoms with Gasteiger partial charge in [0.15, 0.2) is 12.4 Å². The molecule has 0 saturated heterocycles. The number of Topliss-reactive ketones (excluding diaryl/α,β-unsaturated/α-hetero) is 1. The summed E-state index contributed by atoms with van der Waals surface area (Å²) in [7, 11) is 0. The third kappa shape index (κ3) is 5.68. The van der Waals surface area contributed by atoms with Gasteiger partial charge < -0.3 is 4.74 Å². The third-order valence-corrected chi connectivity index (χ3v) is 1.59. The number of benzene rings is 1. The molecule has 0 radical (unpaired) electrons. The normalized spacial score (nSPS) is 8.47. The Balaban J connectivity index is 0.000000921. The molecule has 0 spiro atoms. The van der Waals surface area contributed by atoms with Crippen LogP contribution in [-0.4, -0.2) is 12.4 Å². The highest BCUT2D eigenvalue weighted by molar-refractivity contribution is 5.95. The van der Waals surface area contributed by atoms with Crippen LogP contribution in [0.1, 0.15) is 20.8 Å². The van der Waals surface area contributed by atoms with Crippen LogP contribution in [0.5, 0.6) is 5.75 Å². The van der Waals surface area contributed by atoms with Gasteiger partial charge in [0.1, 0.15) is 5.75 Å². The molecule has 0 fully saturated rings. The van der Waals surface area contributed by atoms with Crippen molar-refractivity contribution in [3.8, 4) is 5.75 Å². The molecule has 0 amide bonds. The molecule has 0 aliphatic rings. The van der Waals surface area contributed by atoms with Crippen LogP contribution in [0.15, 0.2) is 42.5 Å². The largest absolute Gasteiger partial charge is 0.485 e. The standard InChI is InChI=1S/C11H12O2.C2H6/c1-9(2)11(12)8-13-10-6-4-3-5-7-10;1-2/h3-7H,1,8H2,2H3;1-2H3. The smallest absolute Gasteiger partial charge is 0.195 e. The summed E-state index contributed by atoms with van der Waals surface area (Å²) in [5.74, 6) is 0.640. The number of hydrogen-bond donors (Lipinski definition) is 0. The Morgan fingerprint density at radius 3 is 2.27 bits per heavy atom. The van der Waals surface area contributed by atoms with Gasteiger partial charge in [0.25, 0.3) is 0 Å². The predicted molar refractivity (Wildman–Crippen MR) is 63.1 cm³/mol. The van der Waals surface area contributed by atoms with E-state index in [0.717, 1.165) is 0 Å². The van der Waals surface area contributed by atoms with Crippen molar-refractivity contribution in [2.75, 3.05) is 6.61 Å². The highest BCUT2D eigenvalue weighted by atomic mass is 16.5. The van der Waals surface area contributed by atoms with Gasteiger partial charge in [-0.3, -0.25) is 4.79 Å². The minimum absolute atomic E-state index is 0.0659. The second-order valence-electron chi connectivity index (χ2n) is 2.81. The van der Waals surface area contributed by atoms with Crippen LogP contribution in [0.25, 0.3) is 0 Å². The molecule has 0 unspecified atom stereocenters. The van der Waals surface area contributed by atoms with Crippen molar-refractivity contribution < 1.29 is 9.53 Å². The second-order valence-corrected chi connectivity index (χ2v) is 2.81. The van der Waals surface area contributed by atoms with E-state index in [9.17, 15) is 4.79 Å². The second kappa shape index (κ2) is 7.80. The molecule has 2 heteroatoms. The van der Waals surface area contributed by atoms with E-state index in [0.29, 0.717) is 11.3 Å². The van der Waals surface area contributed by atoms with E-state index in [1.54, 1.807) is 6.92 Å². The van der Waals surface area contributed by atoms with Gasteiger partial charge in [0, 0.05) is 0 Å². The van der Waals surface area contributed by atoms with E-state index in [-0.39, 0.29) is 12.4 Å². The lowest BCUT2D eigenvalue weighted by atomic mass is 10.2. The van der Waals surface area contributed by atoms with E-state index in [4.69, 9.17) is 4.74 Å². The molecule has 0 aliphatic carbocycles. The van der Waals surface area contributed by atoms with Crippen molar-refractivity contribution in [1.29, 1.82) is 0 Å². The number of ketones is 1. The molecular weight excluding hydrogens is 188 g/mol. The maximum Gasteiger partial charge on any atom is 0.195 e. The topological polar surface area (TPSA) is 26.3 Å². The highest BCUT2D eigenvalue weighted by Gasteiger charge is 2.02. The zero-order valence-electron chi connectivity index (χ0n) is 9.62. The Kier molecular flexibility index (Phi) is 6.98. The Labute approximate surface area is 91.6 Å². The van der Waals surface area contributed by atoms with E-state index in [1.807, 2.05) is 44.2 Å². The molecule has 82 valence electrons. The Morgan fingerprint density at radius 1 is 1.27 bits per heavy atom. The predicted octanol–water partition coefficient (Wildman–Crippen LogP) is 3.24. The number of hydrogen-bond acceptors (Lipinski definition) is 2. The van der Waals surface area contributed by atoms with Crippen LogP contribution in [0.4, 0.5) is 0 Å². The lowest BCUT2D eigenvalue weighted by molar-refractivity contribution is -0.117. The van der Waals surface area contributed by atoms with E-state index in [1.165, 1.54) is 0 Å². The fourth-order valence-electron chi connectivity index (χ4n) is 0.789. The Hall–Kier alpha value is -1.57. The van der Waals surface area contributed by atoms with Crippen LogP contribution < -0.4 is 4.74 Å². The SMILES string of the molecule is C=C(C)C(=O)COc1ccccc1.CC. The highest BCUT2D eigenvalue weighted by Crippen LogP contribution is 2.08. The number of carbonyl (C=O) groups excluding carboxylic acids is 1. The number of para-hydroxylation sites is 1.